The monoisotopic (exact) mass is 212 g/mol. The van der Waals surface area contributed by atoms with Gasteiger partial charge in [0.15, 0.2) is 0 Å². The predicted octanol–water partition coefficient (Wildman–Crippen LogP) is 0.0725. The molecule has 0 radical (unpaired) electrons. The van der Waals surface area contributed by atoms with Crippen LogP contribution in [-0.4, -0.2) is 25.5 Å². The molecule has 1 aromatic heterocycles. The average Bonchev–Trinajstić information content (AvgIpc) is 2.67. The number of nitrogens with zero attached hydrogens (tertiary/aromatic N) is 2. The van der Waals surface area contributed by atoms with Gasteiger partial charge >= 0.3 is 5.69 Å². The van der Waals surface area contributed by atoms with Crippen molar-refractivity contribution >= 4 is 0 Å². The van der Waals surface area contributed by atoms with Gasteiger partial charge in [-0.2, -0.15) is 0 Å². The lowest BCUT2D eigenvalue weighted by atomic mass is 10.2. The van der Waals surface area contributed by atoms with E-state index in [1.165, 1.54) is 9.13 Å². The highest BCUT2D eigenvalue weighted by Gasteiger charge is 2.28. The van der Waals surface area contributed by atoms with Gasteiger partial charge in [0.05, 0.1) is 18.3 Å². The van der Waals surface area contributed by atoms with Crippen LogP contribution in [-0.2, 0) is 19.5 Å². The third kappa shape index (κ3) is 1.56. The Bertz CT molecular complexity index is 419. The summed E-state index contributed by atoms with van der Waals surface area (Å²) in [6, 6.07) is 0. The largest absolute Gasteiger partial charge is 0.493 e. The van der Waals surface area contributed by atoms with Gasteiger partial charge in [0, 0.05) is 13.0 Å². The topological polar surface area (TPSA) is 67.4 Å². The second-order valence-electron chi connectivity index (χ2n) is 4.03. The predicted molar refractivity (Wildman–Crippen MR) is 55.0 cm³/mol. The van der Waals surface area contributed by atoms with E-state index in [1.807, 2.05) is 6.92 Å². The third-order valence-corrected chi connectivity index (χ3v) is 2.86. The van der Waals surface area contributed by atoms with Crippen LogP contribution in [0.25, 0.3) is 0 Å². The molecule has 5 heteroatoms. The van der Waals surface area contributed by atoms with Crippen LogP contribution in [0.2, 0.25) is 0 Å². The Kier molecular flexibility index (Phi) is 2.56. The molecule has 0 aliphatic carbocycles. The summed E-state index contributed by atoms with van der Waals surface area (Å²) in [7, 11) is 0. The van der Waals surface area contributed by atoms with Gasteiger partial charge in [0.1, 0.15) is 0 Å². The summed E-state index contributed by atoms with van der Waals surface area (Å²) in [6.45, 7) is 2.90. The zero-order chi connectivity index (χ0) is 11.0. The molecule has 15 heavy (non-hydrogen) atoms. The molecule has 1 aliphatic rings. The summed E-state index contributed by atoms with van der Waals surface area (Å²) in [5.74, 6) is 0.0324. The number of aromatic nitrogens is 2. The highest BCUT2D eigenvalue weighted by atomic mass is 16.3. The minimum atomic E-state index is -0.528. The number of hydrogen-bond acceptors (Lipinski definition) is 3. The molecule has 2 rings (SSSR count). The van der Waals surface area contributed by atoms with E-state index < -0.39 is 6.10 Å². The lowest BCUT2D eigenvalue weighted by Crippen LogP contribution is -2.25. The van der Waals surface area contributed by atoms with Crippen molar-refractivity contribution in [2.75, 3.05) is 0 Å². The van der Waals surface area contributed by atoms with Crippen LogP contribution < -0.4 is 5.69 Å². The van der Waals surface area contributed by atoms with Gasteiger partial charge in [-0.25, -0.2) is 4.79 Å². The van der Waals surface area contributed by atoms with Gasteiger partial charge in [0.25, 0.3) is 0 Å². The van der Waals surface area contributed by atoms with Crippen molar-refractivity contribution in [1.29, 1.82) is 0 Å². The average molecular weight is 212 g/mol. The van der Waals surface area contributed by atoms with Gasteiger partial charge in [-0.1, -0.05) is 13.3 Å². The molecule has 0 saturated heterocycles. The van der Waals surface area contributed by atoms with Crippen LogP contribution in [0.1, 0.15) is 25.5 Å². The number of aliphatic hydroxyl groups excluding tert-OH is 1. The molecule has 1 aromatic rings. The minimum Gasteiger partial charge on any atom is -0.493 e. The Morgan fingerprint density at radius 1 is 1.53 bits per heavy atom. The third-order valence-electron chi connectivity index (χ3n) is 2.86. The van der Waals surface area contributed by atoms with Gasteiger partial charge in [0.2, 0.25) is 5.88 Å². The summed E-state index contributed by atoms with van der Waals surface area (Å²) >= 11 is 0. The first-order valence-electron chi connectivity index (χ1n) is 5.34. The zero-order valence-corrected chi connectivity index (χ0v) is 8.81. The highest BCUT2D eigenvalue weighted by molar-refractivity contribution is 5.24. The molecule has 2 N–H and O–H groups in total. The fourth-order valence-corrected chi connectivity index (χ4v) is 2.03. The van der Waals surface area contributed by atoms with Crippen LogP contribution in [0.4, 0.5) is 0 Å². The molecule has 0 saturated carbocycles. The first-order chi connectivity index (χ1) is 7.15. The van der Waals surface area contributed by atoms with Gasteiger partial charge in [-0.05, 0) is 6.42 Å². The lowest BCUT2D eigenvalue weighted by molar-refractivity contribution is 0.173. The molecule has 84 valence electrons. The second-order valence-corrected chi connectivity index (χ2v) is 4.03. The van der Waals surface area contributed by atoms with E-state index in [2.05, 4.69) is 0 Å². The first kappa shape index (κ1) is 10.3. The van der Waals surface area contributed by atoms with E-state index in [0.29, 0.717) is 25.2 Å². The molecular formula is C10H16N2O3. The lowest BCUT2D eigenvalue weighted by Gasteiger charge is -2.03. The Morgan fingerprint density at radius 3 is 2.87 bits per heavy atom. The number of aromatic hydroxyl groups is 1. The number of hydrogen-bond donors (Lipinski definition) is 2. The Morgan fingerprint density at radius 2 is 2.27 bits per heavy atom. The van der Waals surface area contributed by atoms with Crippen molar-refractivity contribution in [2.24, 2.45) is 0 Å². The van der Waals surface area contributed by atoms with E-state index in [4.69, 9.17) is 0 Å². The first-order valence-corrected chi connectivity index (χ1v) is 5.34. The highest BCUT2D eigenvalue weighted by Crippen LogP contribution is 2.23. The summed E-state index contributed by atoms with van der Waals surface area (Å²) in [5, 5.41) is 19.2. The standard InChI is InChI=1S/C10H16N2O3/c1-2-3-4-11-9(14)8-5-7(13)6-12(8)10(11)15/h7,13-14H,2-6H2,1H3/t7-/m1/s1. The quantitative estimate of drug-likeness (QED) is 0.745. The van der Waals surface area contributed by atoms with Crippen LogP contribution in [0.3, 0.4) is 0 Å². The molecular weight excluding hydrogens is 196 g/mol. The van der Waals surface area contributed by atoms with Gasteiger partial charge < -0.3 is 10.2 Å². The van der Waals surface area contributed by atoms with E-state index in [9.17, 15) is 15.0 Å². The Hall–Kier alpha value is -1.23. The number of rotatable bonds is 3. The van der Waals surface area contributed by atoms with Crippen molar-refractivity contribution in [1.82, 2.24) is 9.13 Å². The molecule has 2 heterocycles. The molecule has 5 nitrogen and oxygen atoms in total. The van der Waals surface area contributed by atoms with Crippen molar-refractivity contribution in [3.8, 4) is 5.88 Å². The number of imidazole rings is 1. The molecule has 0 amide bonds. The maximum Gasteiger partial charge on any atom is 0.331 e. The van der Waals surface area contributed by atoms with E-state index in [0.717, 1.165) is 12.8 Å². The zero-order valence-electron chi connectivity index (χ0n) is 8.81. The van der Waals surface area contributed by atoms with Crippen molar-refractivity contribution in [3.63, 3.8) is 0 Å². The maximum absolute atomic E-state index is 11.8. The maximum atomic E-state index is 11.8. The second kappa shape index (κ2) is 3.73. The molecule has 0 aromatic carbocycles. The SMILES string of the molecule is CCCCn1c(O)c2n(c1=O)C[C@H](O)C2. The fraction of sp³-hybridized carbons (Fsp3) is 0.700. The molecule has 0 unspecified atom stereocenters. The van der Waals surface area contributed by atoms with E-state index in [1.54, 1.807) is 0 Å². The fourth-order valence-electron chi connectivity index (χ4n) is 2.03. The van der Waals surface area contributed by atoms with Crippen LogP contribution in [0.5, 0.6) is 5.88 Å². The smallest absolute Gasteiger partial charge is 0.331 e. The van der Waals surface area contributed by atoms with Gasteiger partial charge in [-0.3, -0.25) is 9.13 Å². The normalized spacial score (nSPS) is 19.5. The number of aliphatic hydroxyl groups is 1. The number of fused-ring (bicyclic) bond motifs is 1. The summed E-state index contributed by atoms with van der Waals surface area (Å²) in [6.07, 6.45) is 1.70. The Labute approximate surface area is 87.6 Å². The van der Waals surface area contributed by atoms with E-state index in [-0.39, 0.29) is 11.6 Å². The Balaban J connectivity index is 2.35. The summed E-state index contributed by atoms with van der Waals surface area (Å²) in [4.78, 5) is 11.8. The summed E-state index contributed by atoms with van der Waals surface area (Å²) < 4.78 is 2.86. The van der Waals surface area contributed by atoms with Crippen molar-refractivity contribution in [2.45, 2.75) is 45.4 Å². The molecule has 0 spiro atoms. The molecule has 0 bridgehead atoms. The van der Waals surface area contributed by atoms with Gasteiger partial charge in [-0.15, -0.1) is 0 Å². The molecule has 1 atom stereocenters. The van der Waals surface area contributed by atoms with Crippen molar-refractivity contribution in [3.05, 3.63) is 16.2 Å². The van der Waals surface area contributed by atoms with Crippen molar-refractivity contribution < 1.29 is 10.2 Å². The van der Waals surface area contributed by atoms with E-state index >= 15 is 0 Å². The van der Waals surface area contributed by atoms with Crippen LogP contribution in [0, 0.1) is 0 Å². The van der Waals surface area contributed by atoms with Crippen LogP contribution in [0.15, 0.2) is 4.79 Å². The summed E-state index contributed by atoms with van der Waals surface area (Å²) in [5.41, 5.74) is 0.371. The molecule has 1 aliphatic heterocycles. The van der Waals surface area contributed by atoms with Crippen LogP contribution >= 0.6 is 0 Å². The molecule has 0 fully saturated rings. The minimum absolute atomic E-state index is 0.0324. The number of unbranched alkanes of at least 4 members (excludes halogenated alkanes) is 1.